The minimum Gasteiger partial charge on any atom is -0.504 e. The molecule has 1 aromatic heterocycles. The standard InChI is InChI=1S/C27H24N2O7S/c1-4-36-20-14-17(11-13-18(20)30)22-21(19(31)12-10-16-8-6-5-7-9-16)23(32)25(33)29(22)27-28-15(2)24(37-27)26(34)35-3/h5-14,22,30,32H,4H2,1-3H3/b12-10+. The molecule has 0 fully saturated rings. The smallest absolute Gasteiger partial charge is 0.350 e. The number of phenolic OH excluding ortho intramolecular Hbond substituents is 1. The first-order chi connectivity index (χ1) is 17.8. The van der Waals surface area contributed by atoms with Gasteiger partial charge in [0.05, 0.1) is 31.0 Å². The minimum absolute atomic E-state index is 0.0975. The molecule has 1 aliphatic rings. The van der Waals surface area contributed by atoms with Crippen LogP contribution in [-0.2, 0) is 14.3 Å². The maximum atomic E-state index is 13.4. The summed E-state index contributed by atoms with van der Waals surface area (Å²) in [6.07, 6.45) is 2.86. The Morgan fingerprint density at radius 3 is 2.57 bits per heavy atom. The van der Waals surface area contributed by atoms with Crippen LogP contribution in [0, 0.1) is 6.92 Å². The summed E-state index contributed by atoms with van der Waals surface area (Å²) in [5, 5.41) is 21.2. The Bertz CT molecular complexity index is 1430. The van der Waals surface area contributed by atoms with Crippen molar-refractivity contribution in [2.24, 2.45) is 0 Å². The van der Waals surface area contributed by atoms with Crippen molar-refractivity contribution in [3.05, 3.63) is 87.6 Å². The Balaban J connectivity index is 1.84. The van der Waals surface area contributed by atoms with Gasteiger partial charge in [0.15, 0.2) is 28.2 Å². The zero-order valence-corrected chi connectivity index (χ0v) is 21.1. The van der Waals surface area contributed by atoms with Gasteiger partial charge in [0, 0.05) is 0 Å². The Morgan fingerprint density at radius 1 is 1.16 bits per heavy atom. The Labute approximate surface area is 216 Å². The summed E-state index contributed by atoms with van der Waals surface area (Å²) >= 11 is 0.907. The molecule has 2 heterocycles. The summed E-state index contributed by atoms with van der Waals surface area (Å²) in [5.74, 6) is -2.76. The number of carbonyl (C=O) groups is 3. The summed E-state index contributed by atoms with van der Waals surface area (Å²) in [6.45, 7) is 3.61. The number of phenols is 1. The molecule has 0 aliphatic carbocycles. The summed E-state index contributed by atoms with van der Waals surface area (Å²) < 4.78 is 10.3. The molecule has 37 heavy (non-hydrogen) atoms. The molecule has 1 unspecified atom stereocenters. The second-order valence-electron chi connectivity index (χ2n) is 8.01. The van der Waals surface area contributed by atoms with Crippen molar-refractivity contribution in [1.82, 2.24) is 4.98 Å². The van der Waals surface area contributed by atoms with Crippen LogP contribution in [0.3, 0.4) is 0 Å². The van der Waals surface area contributed by atoms with Gasteiger partial charge in [-0.05, 0) is 43.2 Å². The first kappa shape index (κ1) is 25.6. The van der Waals surface area contributed by atoms with E-state index in [1.165, 1.54) is 31.4 Å². The van der Waals surface area contributed by atoms with Crippen molar-refractivity contribution < 1.29 is 34.1 Å². The number of benzene rings is 2. The first-order valence-electron chi connectivity index (χ1n) is 11.3. The number of aliphatic hydroxyl groups excluding tert-OH is 1. The largest absolute Gasteiger partial charge is 0.504 e. The van der Waals surface area contributed by atoms with Gasteiger partial charge >= 0.3 is 5.97 Å². The topological polar surface area (TPSA) is 126 Å². The lowest BCUT2D eigenvalue weighted by Crippen LogP contribution is -2.30. The molecule has 0 saturated heterocycles. The third-order valence-electron chi connectivity index (χ3n) is 5.66. The van der Waals surface area contributed by atoms with E-state index >= 15 is 0 Å². The number of aromatic hydroxyl groups is 1. The fraction of sp³-hybridized carbons (Fsp3) is 0.185. The number of esters is 1. The normalized spacial score (nSPS) is 15.5. The Kier molecular flexibility index (Phi) is 7.40. The van der Waals surface area contributed by atoms with Crippen LogP contribution in [0.2, 0.25) is 0 Å². The predicted octanol–water partition coefficient (Wildman–Crippen LogP) is 4.52. The van der Waals surface area contributed by atoms with E-state index in [4.69, 9.17) is 9.47 Å². The maximum Gasteiger partial charge on any atom is 0.350 e. The van der Waals surface area contributed by atoms with E-state index < -0.39 is 29.5 Å². The van der Waals surface area contributed by atoms with E-state index in [9.17, 15) is 24.6 Å². The van der Waals surface area contributed by atoms with Crippen LogP contribution in [-0.4, -0.2) is 46.6 Å². The molecule has 0 saturated carbocycles. The molecule has 4 rings (SSSR count). The van der Waals surface area contributed by atoms with Crippen LogP contribution >= 0.6 is 11.3 Å². The van der Waals surface area contributed by atoms with Crippen LogP contribution in [0.4, 0.5) is 5.13 Å². The molecule has 1 amide bonds. The number of allylic oxidation sites excluding steroid dienone is 1. The highest BCUT2D eigenvalue weighted by Crippen LogP contribution is 2.44. The molecule has 9 nitrogen and oxygen atoms in total. The Morgan fingerprint density at radius 2 is 1.89 bits per heavy atom. The van der Waals surface area contributed by atoms with Gasteiger partial charge in [0.25, 0.3) is 5.91 Å². The third-order valence-corrected chi connectivity index (χ3v) is 6.80. The van der Waals surface area contributed by atoms with Crippen molar-refractivity contribution in [3.63, 3.8) is 0 Å². The van der Waals surface area contributed by atoms with E-state index in [1.54, 1.807) is 19.9 Å². The van der Waals surface area contributed by atoms with Gasteiger partial charge in [0.1, 0.15) is 4.88 Å². The number of aromatic nitrogens is 1. The lowest BCUT2D eigenvalue weighted by Gasteiger charge is -2.24. The number of carbonyl (C=O) groups excluding carboxylic acids is 3. The summed E-state index contributed by atoms with van der Waals surface area (Å²) in [6, 6.07) is 12.4. The average Bonchev–Trinajstić information content (AvgIpc) is 3.40. The van der Waals surface area contributed by atoms with E-state index in [1.807, 2.05) is 30.3 Å². The predicted molar refractivity (Wildman–Crippen MR) is 138 cm³/mol. The van der Waals surface area contributed by atoms with Gasteiger partial charge < -0.3 is 19.7 Å². The van der Waals surface area contributed by atoms with Crippen LogP contribution < -0.4 is 9.64 Å². The highest BCUT2D eigenvalue weighted by atomic mass is 32.1. The molecular formula is C27H24N2O7S. The second kappa shape index (κ2) is 10.7. The highest BCUT2D eigenvalue weighted by Gasteiger charge is 2.45. The monoisotopic (exact) mass is 520 g/mol. The molecule has 2 N–H and O–H groups in total. The number of nitrogens with zero attached hydrogens (tertiary/aromatic N) is 2. The zero-order valence-electron chi connectivity index (χ0n) is 20.3. The van der Waals surface area contributed by atoms with E-state index in [0.29, 0.717) is 11.3 Å². The number of methoxy groups -OCH3 is 1. The molecule has 190 valence electrons. The molecule has 1 aliphatic heterocycles. The first-order valence-corrected chi connectivity index (χ1v) is 12.1. The zero-order chi connectivity index (χ0) is 26.7. The fourth-order valence-electron chi connectivity index (χ4n) is 3.93. The van der Waals surface area contributed by atoms with Gasteiger partial charge in [-0.1, -0.05) is 53.8 Å². The minimum atomic E-state index is -1.10. The number of amides is 1. The van der Waals surface area contributed by atoms with Gasteiger partial charge in [0.2, 0.25) is 0 Å². The molecule has 0 bridgehead atoms. The average molecular weight is 521 g/mol. The molecule has 0 spiro atoms. The van der Waals surface area contributed by atoms with Crippen LogP contribution in [0.15, 0.2) is 65.9 Å². The lowest BCUT2D eigenvalue weighted by atomic mass is 9.95. The van der Waals surface area contributed by atoms with Crippen LogP contribution in [0.5, 0.6) is 11.5 Å². The Hall–Kier alpha value is -4.44. The number of ether oxygens (including phenoxy) is 2. The van der Waals surface area contributed by atoms with Gasteiger partial charge in [-0.2, -0.15) is 0 Å². The quantitative estimate of drug-likeness (QED) is 0.328. The molecule has 10 heteroatoms. The van der Waals surface area contributed by atoms with Gasteiger partial charge in [-0.25, -0.2) is 9.78 Å². The van der Waals surface area contributed by atoms with Crippen LogP contribution in [0.25, 0.3) is 6.08 Å². The second-order valence-corrected chi connectivity index (χ2v) is 8.99. The van der Waals surface area contributed by atoms with E-state index in [-0.39, 0.29) is 33.7 Å². The fourth-order valence-corrected chi connectivity index (χ4v) is 4.95. The van der Waals surface area contributed by atoms with Gasteiger partial charge in [-0.3, -0.25) is 14.5 Å². The van der Waals surface area contributed by atoms with Crippen molar-refractivity contribution in [2.75, 3.05) is 18.6 Å². The number of anilines is 1. The molecule has 2 aromatic carbocycles. The molecule has 3 aromatic rings. The lowest BCUT2D eigenvalue weighted by molar-refractivity contribution is -0.117. The summed E-state index contributed by atoms with van der Waals surface area (Å²) in [5.41, 5.74) is 1.32. The number of hydrogen-bond acceptors (Lipinski definition) is 9. The molecular weight excluding hydrogens is 496 g/mol. The number of rotatable bonds is 8. The van der Waals surface area contributed by atoms with E-state index in [0.717, 1.165) is 21.8 Å². The number of aryl methyl sites for hydroxylation is 1. The SMILES string of the molecule is CCOc1cc(C2C(C(=O)/C=C/c3ccccc3)=C(O)C(=O)N2c2nc(C)c(C(=O)OC)s2)ccc1O. The maximum absolute atomic E-state index is 13.4. The summed E-state index contributed by atoms with van der Waals surface area (Å²) in [4.78, 5) is 44.6. The third kappa shape index (κ3) is 4.96. The summed E-state index contributed by atoms with van der Waals surface area (Å²) in [7, 11) is 1.24. The van der Waals surface area contributed by atoms with Crippen LogP contribution in [0.1, 0.15) is 39.5 Å². The van der Waals surface area contributed by atoms with Crippen molar-refractivity contribution in [3.8, 4) is 11.5 Å². The van der Waals surface area contributed by atoms with Crippen molar-refractivity contribution in [1.29, 1.82) is 0 Å². The molecule has 1 atom stereocenters. The number of hydrogen-bond donors (Lipinski definition) is 2. The van der Waals surface area contributed by atoms with Gasteiger partial charge in [-0.15, -0.1) is 0 Å². The van der Waals surface area contributed by atoms with Crippen molar-refractivity contribution in [2.45, 2.75) is 19.9 Å². The van der Waals surface area contributed by atoms with Crippen molar-refractivity contribution >= 4 is 40.2 Å². The molecule has 0 radical (unpaired) electrons. The number of thiazole rings is 1. The highest BCUT2D eigenvalue weighted by molar-refractivity contribution is 7.17. The number of aliphatic hydroxyl groups is 1. The van der Waals surface area contributed by atoms with E-state index in [2.05, 4.69) is 4.98 Å². The number of ketones is 1.